The summed E-state index contributed by atoms with van der Waals surface area (Å²) in [6.07, 6.45) is 30.1. The maximum atomic E-state index is 13.2. The Morgan fingerprint density at radius 2 is 0.832 bits per heavy atom. The van der Waals surface area contributed by atoms with Crippen LogP contribution in [0.4, 0.5) is 19.4 Å². The van der Waals surface area contributed by atoms with Crippen LogP contribution in [-0.2, 0) is 61.7 Å². The Morgan fingerprint density at radius 3 is 1.14 bits per heavy atom. The molecular formula is C103H124Cl4F2N24O15P+. The second-order valence-electron chi connectivity index (χ2n) is 31.3. The summed E-state index contributed by atoms with van der Waals surface area (Å²) >= 11 is 19.9. The minimum absolute atomic E-state index is 0. The normalized spacial score (nSPS) is 11.1. The van der Waals surface area contributed by atoms with Crippen molar-refractivity contribution in [3.05, 3.63) is 318 Å². The highest BCUT2D eigenvalue weighted by molar-refractivity contribution is 8.24. The molecule has 15 rings (SSSR count). The number of carbonyl (C=O) groups excluding carboxylic acids is 2. The molecule has 0 aliphatic heterocycles. The van der Waals surface area contributed by atoms with Crippen molar-refractivity contribution in [2.45, 2.75) is 202 Å². The highest BCUT2D eigenvalue weighted by atomic mass is 36.0. The second-order valence-corrected chi connectivity index (χ2v) is 38.3. The Bertz CT molecular complexity index is 7060. The number of aromatic nitrogens is 21. The van der Waals surface area contributed by atoms with Gasteiger partial charge in [0.05, 0.1) is 180 Å². The van der Waals surface area contributed by atoms with Gasteiger partial charge in [-0.05, 0) is 247 Å². The number of nitroso groups, excluding NO2 is 1. The number of terminal acetylenes is 2. The molecule has 0 spiro atoms. The minimum Gasteiger partial charge on any atom is -0.479 e. The SMILES string of the molecule is C.C.C.C#C.C#CC.CC(=O)c1ccc(-n2cnc(C)c2)c(CO)n1.CCC(O)(CC(=O)c1ccc(-n2cnc(C)c2)c(CO)n1)C(=O)O.CC[N+](=O)C(=O)O.CCc1cc(-c2ccc(-n3cnc(C)c3)c(CO)n2)n[nH]c1=O.CCc1cc(-c2ccc(-n3cnc(C)c3)c(CO)n2)nnc1Cl.CCc1cc(-c2ccc(-n3cnc(C)c3)c(CO)n2)nnc1N[C@@H](C)c1ccc(F)cc1.C[C@H](N)c1ccc(F)cc1.O=P(Cl)(Cl)Cl. The molecule has 792 valence electrons. The van der Waals surface area contributed by atoms with Gasteiger partial charge in [0, 0.05) is 54.4 Å². The first kappa shape index (κ1) is 128. The number of hydrogen-bond acceptors (Lipinski definition) is 30. The van der Waals surface area contributed by atoms with Crippen LogP contribution >= 0.6 is 50.5 Å². The number of carbonyl (C=O) groups is 4. The van der Waals surface area contributed by atoms with Crippen molar-refractivity contribution in [1.29, 1.82) is 0 Å². The van der Waals surface area contributed by atoms with Gasteiger partial charge in [-0.25, -0.2) is 68.5 Å². The third-order valence-electron chi connectivity index (χ3n) is 20.7. The van der Waals surface area contributed by atoms with Crippen LogP contribution in [0.2, 0.25) is 5.15 Å². The summed E-state index contributed by atoms with van der Waals surface area (Å²) < 4.78 is 43.9. The number of nitrogens with one attached hydrogen (secondary N) is 2. The number of anilines is 1. The number of H-pyrrole nitrogens is 1. The monoisotopic (exact) mass is 2150 g/mol. The number of nitrogens with zero attached hydrogens (tertiary/aromatic N) is 21. The fourth-order valence-corrected chi connectivity index (χ4v) is 13.2. The maximum absolute atomic E-state index is 13.2. The minimum atomic E-state index is -3.22. The number of carboxylic acids is 1. The van der Waals surface area contributed by atoms with E-state index in [-0.39, 0.29) is 113 Å². The molecule has 1 amide bonds. The smallest absolute Gasteiger partial charge is 0.479 e. The third kappa shape index (κ3) is 39.0. The molecule has 2 aromatic carbocycles. The predicted molar refractivity (Wildman–Crippen MR) is 570 cm³/mol. The fraction of sp³-hybridized carbons (Fsp3) is 0.301. The number of carboxylic acid groups (broad SMARTS) is 2. The summed E-state index contributed by atoms with van der Waals surface area (Å²) in [6.45, 7) is 24.1. The second kappa shape index (κ2) is 62.9. The summed E-state index contributed by atoms with van der Waals surface area (Å²) in [7, 11) is 0. The lowest BCUT2D eigenvalue weighted by Gasteiger charge is -2.20. The number of rotatable bonds is 27. The first-order chi connectivity index (χ1) is 69.4. The number of nitrogens with two attached hydrogens (primary N) is 1. The van der Waals surface area contributed by atoms with Crippen LogP contribution in [0, 0.1) is 76.4 Å². The van der Waals surface area contributed by atoms with Crippen molar-refractivity contribution in [3.8, 4) is 87.8 Å². The van der Waals surface area contributed by atoms with Gasteiger partial charge < -0.3 is 74.7 Å². The number of pyridine rings is 5. The van der Waals surface area contributed by atoms with Gasteiger partial charge in [0.1, 0.15) is 44.9 Å². The van der Waals surface area contributed by atoms with Crippen molar-refractivity contribution in [2.24, 2.45) is 5.73 Å². The van der Waals surface area contributed by atoms with E-state index in [1.807, 2.05) is 156 Å². The zero-order valence-corrected chi connectivity index (χ0v) is 86.1. The third-order valence-corrected chi connectivity index (χ3v) is 21.0. The number of halogens is 6. The van der Waals surface area contributed by atoms with Crippen molar-refractivity contribution in [2.75, 3.05) is 11.9 Å². The molecule has 0 radical (unpaired) electrons. The van der Waals surface area contributed by atoms with Crippen molar-refractivity contribution in [3.63, 3.8) is 0 Å². The molecule has 15 aromatic rings. The zero-order chi connectivity index (χ0) is 108. The molecule has 149 heavy (non-hydrogen) atoms. The lowest BCUT2D eigenvalue weighted by molar-refractivity contribution is -0.461. The Hall–Kier alpha value is -15.0. The molecule has 13 aromatic heterocycles. The van der Waals surface area contributed by atoms with Gasteiger partial charge in [-0.1, -0.05) is 85.8 Å². The Labute approximate surface area is 881 Å². The average molecular weight is 2150 g/mol. The average Bonchev–Trinajstić information content (AvgIpc) is 1.79. The van der Waals surface area contributed by atoms with Gasteiger partial charge in [0.25, 0.3) is 5.56 Å². The molecule has 12 N–H and O–H groups in total. The molecule has 0 aliphatic carbocycles. The molecule has 1 unspecified atom stereocenters. The lowest BCUT2D eigenvalue weighted by Crippen LogP contribution is -2.40. The van der Waals surface area contributed by atoms with E-state index in [2.05, 4.69) is 145 Å². The first-order valence-corrected chi connectivity index (χ1v) is 49.4. The van der Waals surface area contributed by atoms with E-state index in [1.54, 1.807) is 102 Å². The molecule has 0 saturated carbocycles. The Kier molecular flexibility index (Phi) is 54.1. The van der Waals surface area contributed by atoms with E-state index < -0.39 is 41.7 Å². The van der Waals surface area contributed by atoms with Gasteiger partial charge in [-0.2, -0.15) is 9.89 Å². The highest BCUT2D eigenvalue weighted by Crippen LogP contribution is 2.61. The number of ketones is 2. The summed E-state index contributed by atoms with van der Waals surface area (Å²) in [5.74, 6) is 0.276. The molecule has 13 heterocycles. The topological polar surface area (TPSA) is 556 Å². The maximum Gasteiger partial charge on any atom is 0.642 e. The molecule has 0 saturated heterocycles. The molecular weight excluding hydrogens is 2020 g/mol. The number of hydrogen-bond donors (Lipinski definition) is 11. The summed E-state index contributed by atoms with van der Waals surface area (Å²) in [6, 6.07) is 35.7. The van der Waals surface area contributed by atoms with Crippen LogP contribution in [0.1, 0.15) is 215 Å². The Balaban J connectivity index is 0.000000451. The van der Waals surface area contributed by atoms with E-state index in [0.29, 0.717) is 91.3 Å². The zero-order valence-electron chi connectivity index (χ0n) is 82.2. The molecule has 0 aliphatic rings. The van der Waals surface area contributed by atoms with Crippen LogP contribution in [-0.4, -0.2) is 185 Å². The van der Waals surface area contributed by atoms with Gasteiger partial charge in [-0.15, -0.1) is 45.6 Å². The molecule has 3 atom stereocenters. The van der Waals surface area contributed by atoms with E-state index in [1.165, 1.54) is 51.1 Å². The summed E-state index contributed by atoms with van der Waals surface area (Å²) in [4.78, 5) is 108. The largest absolute Gasteiger partial charge is 0.642 e. The van der Waals surface area contributed by atoms with Crippen molar-refractivity contribution < 1.29 is 78.1 Å². The van der Waals surface area contributed by atoms with Crippen LogP contribution < -0.4 is 16.6 Å². The number of Topliss-reactive ketones (excluding diaryl/α,β-unsaturated/α-hetero) is 2. The quantitative estimate of drug-likeness (QED) is 0.00985. The van der Waals surface area contributed by atoms with Crippen LogP contribution in [0.3, 0.4) is 0 Å². The summed E-state index contributed by atoms with van der Waals surface area (Å²) in [5.41, 5.74) is 22.0. The number of aliphatic hydroxyl groups excluding tert-OH is 5. The van der Waals surface area contributed by atoms with Crippen molar-refractivity contribution >= 4 is 80.0 Å². The van der Waals surface area contributed by atoms with E-state index in [9.17, 15) is 72.9 Å². The number of aliphatic hydroxyl groups is 6. The molecule has 0 fully saturated rings. The number of aryl methyl sites for hydroxylation is 8. The number of amides is 1. The van der Waals surface area contributed by atoms with Gasteiger partial charge >= 0.3 is 17.3 Å². The number of aliphatic carboxylic acids is 1. The van der Waals surface area contributed by atoms with E-state index in [4.69, 9.17) is 27.5 Å². The van der Waals surface area contributed by atoms with Crippen LogP contribution in [0.25, 0.3) is 62.6 Å². The number of imidazole rings is 5. The fourth-order valence-electron chi connectivity index (χ4n) is 13.0. The van der Waals surface area contributed by atoms with E-state index in [0.717, 1.165) is 86.3 Å². The van der Waals surface area contributed by atoms with E-state index >= 15 is 0 Å². The number of benzene rings is 2. The molecule has 39 nitrogen and oxygen atoms in total. The Morgan fingerprint density at radius 1 is 0.510 bits per heavy atom. The predicted octanol–water partition coefficient (Wildman–Crippen LogP) is 18.6. The molecule has 46 heteroatoms. The van der Waals surface area contributed by atoms with Crippen LogP contribution in [0.5, 0.6) is 0 Å². The summed E-state index contributed by atoms with van der Waals surface area (Å²) in [5, 5.41) is 98.6. The first-order valence-electron chi connectivity index (χ1n) is 44.6. The standard InChI is InChI=1S/C24H25FN6O.C16H16ClN5O.C16H17N5O2.C16H19N3O5.C12H13N3O2.C8H10FN.C3H5NO3.C3H4.C2H2.3CH4.Cl3OP/c1-4-17-11-21(29-30-24(17)27-16(3)18-5-7-19(25)8-6-18)20-9-10-23(22(13-32)28-20)31-12-15(2)26-14-31;1-3-11-6-13(20-21-16(11)17)12-4-5-15(14(8-23)19-12)22-7-10(2)18-9-22;1-3-11-6-13(19-20-16(11)23)12-4-5-15(14(8-22)18-12)21-7-10(2)17-9-21;1-3-16(24,15(22)23)6-14(21)11-4-5-13(12(8-20)18-11)19-7-10(2)17-9-19;1-8-5-15(7-13-8)12-4-3-10(9(2)17)14-11(12)6-16;1-6(10)7-2-4-8(9)5-3-7;1-2-4(7)3(5)6;1-3-2;1-2;;;;1-5(2,3)4/h5-12,14,16,32H,4,13H2,1-3H3,(H,27,30);4-7,9,23H,3,8H2,1-2H3;4-7,9,22H,3,8H2,1-2H3,(H,20,23);4-5,7,9,20,24H,3,6,8H2,1-2H3,(H,22,23);3-5,7,16H,6H2,1-2H3;2-6H,10H2,1H3;2H2,1H3;1H,2H3;1-2H;3*1H4;/p+1/t16-;;;;;6-;;;;;;;/m0....0......./s1. The van der Waals surface area contributed by atoms with Gasteiger partial charge in [-0.3, -0.25) is 18.9 Å². The number of aromatic amines is 1. The van der Waals surface area contributed by atoms with Gasteiger partial charge in [0.2, 0.25) is 6.54 Å². The highest BCUT2D eigenvalue weighted by Gasteiger charge is 2.37. The molecule has 0 bridgehead atoms. The lowest BCUT2D eigenvalue weighted by atomic mass is 9.93. The van der Waals surface area contributed by atoms with Crippen molar-refractivity contribution in [1.82, 2.24) is 103 Å². The van der Waals surface area contributed by atoms with Crippen LogP contribution in [0.15, 0.2) is 195 Å². The van der Waals surface area contributed by atoms with Gasteiger partial charge in [0.15, 0.2) is 28.1 Å².